The van der Waals surface area contributed by atoms with Crippen LogP contribution in [0.25, 0.3) is 0 Å². The Bertz CT molecular complexity index is 475. The van der Waals surface area contributed by atoms with E-state index in [1.807, 2.05) is 0 Å². The van der Waals surface area contributed by atoms with Crippen molar-refractivity contribution in [3.05, 3.63) is 16.0 Å². The summed E-state index contributed by atoms with van der Waals surface area (Å²) in [5, 5.41) is 0.319. The zero-order valence-electron chi connectivity index (χ0n) is 10.7. The number of rotatable bonds is 3. The van der Waals surface area contributed by atoms with Crippen molar-refractivity contribution < 1.29 is 4.79 Å². The van der Waals surface area contributed by atoms with Gasteiger partial charge in [-0.3, -0.25) is 15.6 Å². The highest BCUT2D eigenvalue weighted by Gasteiger charge is 2.21. The molecule has 1 amide bonds. The van der Waals surface area contributed by atoms with Gasteiger partial charge in [0.2, 0.25) is 11.2 Å². The summed E-state index contributed by atoms with van der Waals surface area (Å²) in [6.07, 6.45) is 5.33. The number of nitrogens with one attached hydrogen (secondary N) is 2. The van der Waals surface area contributed by atoms with Gasteiger partial charge in [-0.2, -0.15) is 4.98 Å². The number of hydrogen-bond donors (Lipinski definition) is 2. The fraction of sp³-hybridized carbons (Fsp3) is 0.583. The summed E-state index contributed by atoms with van der Waals surface area (Å²) in [4.78, 5) is 19.8. The van der Waals surface area contributed by atoms with Gasteiger partial charge in [0.1, 0.15) is 5.15 Å². The topological polar surface area (TPSA) is 66.9 Å². The van der Waals surface area contributed by atoms with Crippen molar-refractivity contribution in [2.75, 3.05) is 5.43 Å². The zero-order chi connectivity index (χ0) is 13.8. The van der Waals surface area contributed by atoms with Crippen molar-refractivity contribution in [1.29, 1.82) is 0 Å². The second-order valence-corrected chi connectivity index (χ2v) is 5.40. The lowest BCUT2D eigenvalue weighted by Gasteiger charge is -2.21. The molecule has 7 heteroatoms. The van der Waals surface area contributed by atoms with Gasteiger partial charge in [-0.05, 0) is 31.4 Å². The van der Waals surface area contributed by atoms with Crippen LogP contribution < -0.4 is 10.9 Å². The number of carbonyl (C=O) groups is 1. The van der Waals surface area contributed by atoms with Gasteiger partial charge in [-0.15, -0.1) is 0 Å². The van der Waals surface area contributed by atoms with Crippen molar-refractivity contribution in [1.82, 2.24) is 15.4 Å². The van der Waals surface area contributed by atoms with E-state index >= 15 is 0 Å². The predicted octanol–water partition coefficient (Wildman–Crippen LogP) is 3.12. The summed E-state index contributed by atoms with van der Waals surface area (Å²) in [7, 11) is 0. The summed E-state index contributed by atoms with van der Waals surface area (Å²) in [5.74, 6) is 0.494. The average Bonchev–Trinajstić information content (AvgIpc) is 2.41. The van der Waals surface area contributed by atoms with Crippen LogP contribution in [0.4, 0.5) is 5.82 Å². The second kappa shape index (κ2) is 6.39. The molecule has 0 aliphatic heterocycles. The van der Waals surface area contributed by atoms with Gasteiger partial charge in [0, 0.05) is 11.5 Å². The second-order valence-electron chi connectivity index (χ2n) is 4.71. The number of halogens is 2. The van der Waals surface area contributed by atoms with Crippen LogP contribution >= 0.6 is 23.2 Å². The normalized spacial score (nSPS) is 16.2. The third-order valence-corrected chi connectivity index (χ3v) is 3.88. The molecule has 1 saturated carbocycles. The lowest BCUT2D eigenvalue weighted by atomic mass is 9.89. The van der Waals surface area contributed by atoms with Crippen LogP contribution in [0.3, 0.4) is 0 Å². The Labute approximate surface area is 122 Å². The summed E-state index contributed by atoms with van der Waals surface area (Å²) in [5.41, 5.74) is 6.09. The SMILES string of the molecule is Cc1c(Cl)nc(Cl)nc1NNC(=O)C1CCCCC1. The largest absolute Gasteiger partial charge is 0.281 e. The molecule has 2 rings (SSSR count). The van der Waals surface area contributed by atoms with Gasteiger partial charge in [-0.25, -0.2) is 4.98 Å². The monoisotopic (exact) mass is 302 g/mol. The highest BCUT2D eigenvalue weighted by molar-refractivity contribution is 6.32. The number of aromatic nitrogens is 2. The Kier molecular flexibility index (Phi) is 4.82. The molecule has 5 nitrogen and oxygen atoms in total. The molecule has 1 aromatic heterocycles. The van der Waals surface area contributed by atoms with Crippen molar-refractivity contribution >= 4 is 34.9 Å². The number of hydrazine groups is 1. The maximum absolute atomic E-state index is 12.0. The maximum Gasteiger partial charge on any atom is 0.241 e. The standard InChI is InChI=1S/C12H16Cl2N4O/c1-7-9(13)15-12(14)16-10(7)17-18-11(19)8-5-3-2-4-6-8/h8H,2-6H2,1H3,(H,18,19)(H,15,16,17). The van der Waals surface area contributed by atoms with Crippen LogP contribution in [0.15, 0.2) is 0 Å². The molecule has 0 unspecified atom stereocenters. The van der Waals surface area contributed by atoms with E-state index in [-0.39, 0.29) is 22.3 Å². The van der Waals surface area contributed by atoms with Gasteiger partial charge in [0.15, 0.2) is 5.82 Å². The van der Waals surface area contributed by atoms with Crippen LogP contribution in [-0.4, -0.2) is 15.9 Å². The third-order valence-electron chi connectivity index (χ3n) is 3.34. The molecule has 0 radical (unpaired) electrons. The van der Waals surface area contributed by atoms with Crippen LogP contribution in [0.2, 0.25) is 10.4 Å². The molecule has 2 N–H and O–H groups in total. The van der Waals surface area contributed by atoms with Gasteiger partial charge in [0.05, 0.1) is 0 Å². The molecule has 0 spiro atoms. The number of carbonyl (C=O) groups excluding carboxylic acids is 1. The predicted molar refractivity (Wildman–Crippen MR) is 75.1 cm³/mol. The van der Waals surface area contributed by atoms with E-state index in [0.29, 0.717) is 11.4 Å². The minimum Gasteiger partial charge on any atom is -0.281 e. The number of nitrogens with zero attached hydrogens (tertiary/aromatic N) is 2. The fourth-order valence-electron chi connectivity index (χ4n) is 2.17. The molecular formula is C12H16Cl2N4O. The molecule has 1 heterocycles. The van der Waals surface area contributed by atoms with E-state index in [0.717, 1.165) is 25.7 Å². The smallest absolute Gasteiger partial charge is 0.241 e. The van der Waals surface area contributed by atoms with E-state index < -0.39 is 0 Å². The van der Waals surface area contributed by atoms with Crippen LogP contribution in [-0.2, 0) is 4.79 Å². The van der Waals surface area contributed by atoms with Crippen molar-refractivity contribution in [2.45, 2.75) is 39.0 Å². The molecule has 0 aromatic carbocycles. The first-order valence-corrected chi connectivity index (χ1v) is 7.09. The highest BCUT2D eigenvalue weighted by Crippen LogP contribution is 2.24. The Morgan fingerprint density at radius 1 is 1.21 bits per heavy atom. The molecule has 1 aliphatic rings. The first kappa shape index (κ1) is 14.3. The first-order chi connectivity index (χ1) is 9.08. The summed E-state index contributed by atoms with van der Waals surface area (Å²) < 4.78 is 0. The number of hydrogen-bond acceptors (Lipinski definition) is 4. The number of amides is 1. The lowest BCUT2D eigenvalue weighted by Crippen LogP contribution is -2.36. The van der Waals surface area contributed by atoms with Crippen LogP contribution in [0, 0.1) is 12.8 Å². The van der Waals surface area contributed by atoms with Crippen molar-refractivity contribution in [3.63, 3.8) is 0 Å². The first-order valence-electron chi connectivity index (χ1n) is 6.33. The summed E-state index contributed by atoms with van der Waals surface area (Å²) >= 11 is 11.6. The molecule has 1 fully saturated rings. The highest BCUT2D eigenvalue weighted by atomic mass is 35.5. The van der Waals surface area contributed by atoms with Gasteiger partial charge in [0.25, 0.3) is 0 Å². The number of anilines is 1. The maximum atomic E-state index is 12.0. The molecule has 104 valence electrons. The minimum absolute atomic E-state index is 0.00930. The van der Waals surface area contributed by atoms with Crippen LogP contribution in [0.5, 0.6) is 0 Å². The van der Waals surface area contributed by atoms with E-state index in [1.54, 1.807) is 6.92 Å². The minimum atomic E-state index is -0.00930. The molecule has 19 heavy (non-hydrogen) atoms. The molecule has 0 saturated heterocycles. The quantitative estimate of drug-likeness (QED) is 0.511. The van der Waals surface area contributed by atoms with Crippen molar-refractivity contribution in [2.24, 2.45) is 5.92 Å². The summed E-state index contributed by atoms with van der Waals surface area (Å²) in [6, 6.07) is 0. The Morgan fingerprint density at radius 2 is 1.89 bits per heavy atom. The zero-order valence-corrected chi connectivity index (χ0v) is 12.2. The Balaban J connectivity index is 1.96. The average molecular weight is 303 g/mol. The molecule has 0 bridgehead atoms. The third kappa shape index (κ3) is 3.70. The van der Waals surface area contributed by atoms with Gasteiger partial charge in [-0.1, -0.05) is 30.9 Å². The lowest BCUT2D eigenvalue weighted by molar-refractivity contribution is -0.125. The Morgan fingerprint density at radius 3 is 2.58 bits per heavy atom. The van der Waals surface area contributed by atoms with E-state index in [1.165, 1.54) is 6.42 Å². The van der Waals surface area contributed by atoms with E-state index in [2.05, 4.69) is 20.8 Å². The fourth-order valence-corrected chi connectivity index (χ4v) is 2.55. The van der Waals surface area contributed by atoms with E-state index in [4.69, 9.17) is 23.2 Å². The summed E-state index contributed by atoms with van der Waals surface area (Å²) in [6.45, 7) is 1.76. The van der Waals surface area contributed by atoms with Crippen molar-refractivity contribution in [3.8, 4) is 0 Å². The molecular weight excluding hydrogens is 287 g/mol. The molecule has 1 aromatic rings. The Hall–Kier alpha value is -1.07. The van der Waals surface area contributed by atoms with Gasteiger partial charge < -0.3 is 0 Å². The van der Waals surface area contributed by atoms with Gasteiger partial charge >= 0.3 is 0 Å². The molecule has 0 atom stereocenters. The van der Waals surface area contributed by atoms with Crippen LogP contribution in [0.1, 0.15) is 37.7 Å². The molecule has 1 aliphatic carbocycles. The van der Waals surface area contributed by atoms with E-state index in [9.17, 15) is 4.79 Å².